The smallest absolute Gasteiger partial charge is 0.273 e. The normalized spacial score (nSPS) is 16.8. The summed E-state index contributed by atoms with van der Waals surface area (Å²) in [4.78, 5) is 19.1. The summed E-state index contributed by atoms with van der Waals surface area (Å²) in [6, 6.07) is 9.62. The third kappa shape index (κ3) is 4.01. The minimum Gasteiger partial charge on any atom is -0.441 e. The van der Waals surface area contributed by atoms with Crippen molar-refractivity contribution in [3.05, 3.63) is 41.8 Å². The van der Waals surface area contributed by atoms with Crippen molar-refractivity contribution in [1.29, 1.82) is 0 Å². The van der Waals surface area contributed by atoms with Gasteiger partial charge in [-0.1, -0.05) is 18.2 Å². The second kappa shape index (κ2) is 7.59. The van der Waals surface area contributed by atoms with Crippen LogP contribution in [0.1, 0.15) is 23.2 Å². The fraction of sp³-hybridized carbons (Fsp3) is 0.444. The Morgan fingerprint density at radius 3 is 2.71 bits per heavy atom. The van der Waals surface area contributed by atoms with Gasteiger partial charge in [-0.05, 0) is 26.0 Å². The van der Waals surface area contributed by atoms with Crippen LogP contribution in [0.25, 0.3) is 11.5 Å². The fourth-order valence-corrected chi connectivity index (χ4v) is 2.82. The summed E-state index contributed by atoms with van der Waals surface area (Å²) in [7, 11) is 0. The van der Waals surface area contributed by atoms with Crippen LogP contribution in [0.15, 0.2) is 34.7 Å². The number of morpholine rings is 1. The predicted octanol–water partition coefficient (Wildman–Crippen LogP) is 2.10. The summed E-state index contributed by atoms with van der Waals surface area (Å²) >= 11 is 0. The topological polar surface area (TPSA) is 67.6 Å². The van der Waals surface area contributed by atoms with Crippen molar-refractivity contribution in [3.63, 3.8) is 0 Å². The Labute approximate surface area is 141 Å². The highest BCUT2D eigenvalue weighted by molar-refractivity contribution is 5.93. The SMILES string of the molecule is Cc1oc(-c2ccccc2)nc1C(=O)N[C@H](C)CN1CCOCC1. The number of nitrogens with one attached hydrogen (secondary N) is 1. The molecule has 0 aliphatic carbocycles. The number of ether oxygens (including phenoxy) is 1. The Morgan fingerprint density at radius 1 is 1.29 bits per heavy atom. The Bertz CT molecular complexity index is 678. The molecule has 1 aliphatic heterocycles. The van der Waals surface area contributed by atoms with E-state index in [-0.39, 0.29) is 11.9 Å². The van der Waals surface area contributed by atoms with E-state index in [0.717, 1.165) is 38.4 Å². The molecule has 6 heteroatoms. The Balaban J connectivity index is 1.63. The number of aromatic nitrogens is 1. The van der Waals surface area contributed by atoms with Crippen LogP contribution in [0.4, 0.5) is 0 Å². The van der Waals surface area contributed by atoms with E-state index in [2.05, 4.69) is 15.2 Å². The second-order valence-electron chi connectivity index (χ2n) is 6.08. The Morgan fingerprint density at radius 2 is 2.00 bits per heavy atom. The first-order valence-corrected chi connectivity index (χ1v) is 8.27. The third-order valence-electron chi connectivity index (χ3n) is 4.05. The molecule has 3 rings (SSSR count). The summed E-state index contributed by atoms with van der Waals surface area (Å²) in [5, 5.41) is 3.01. The zero-order valence-corrected chi connectivity index (χ0v) is 14.1. The van der Waals surface area contributed by atoms with E-state index >= 15 is 0 Å². The van der Waals surface area contributed by atoms with Crippen LogP contribution < -0.4 is 5.32 Å². The van der Waals surface area contributed by atoms with Gasteiger partial charge in [-0.3, -0.25) is 9.69 Å². The molecule has 1 aliphatic rings. The number of rotatable bonds is 5. The zero-order chi connectivity index (χ0) is 16.9. The maximum Gasteiger partial charge on any atom is 0.273 e. The standard InChI is InChI=1S/C18H23N3O3/c1-13(12-21-8-10-23-11-9-21)19-17(22)16-14(2)24-18(20-16)15-6-4-3-5-7-15/h3-7,13H,8-12H2,1-2H3,(H,19,22)/t13-/m1/s1. The molecule has 2 heterocycles. The molecule has 2 aromatic rings. The van der Waals surface area contributed by atoms with Crippen LogP contribution in [0.5, 0.6) is 0 Å². The van der Waals surface area contributed by atoms with Crippen LogP contribution in [0, 0.1) is 6.92 Å². The third-order valence-corrected chi connectivity index (χ3v) is 4.05. The minimum absolute atomic E-state index is 0.0341. The van der Waals surface area contributed by atoms with Crippen LogP contribution in [-0.2, 0) is 4.74 Å². The first kappa shape index (κ1) is 16.7. The molecule has 1 saturated heterocycles. The number of aryl methyl sites for hydroxylation is 1. The lowest BCUT2D eigenvalue weighted by Crippen LogP contribution is -2.46. The summed E-state index contributed by atoms with van der Waals surface area (Å²) in [6.07, 6.45) is 0. The van der Waals surface area contributed by atoms with Gasteiger partial charge in [-0.25, -0.2) is 4.98 Å². The van der Waals surface area contributed by atoms with Crippen molar-refractivity contribution in [3.8, 4) is 11.5 Å². The molecule has 24 heavy (non-hydrogen) atoms. The molecule has 6 nitrogen and oxygen atoms in total. The number of carbonyl (C=O) groups excluding carboxylic acids is 1. The quantitative estimate of drug-likeness (QED) is 0.910. The molecule has 1 aromatic heterocycles. The molecule has 0 radical (unpaired) electrons. The number of nitrogens with zero attached hydrogens (tertiary/aromatic N) is 2. The van der Waals surface area contributed by atoms with Crippen molar-refractivity contribution >= 4 is 5.91 Å². The van der Waals surface area contributed by atoms with Gasteiger partial charge in [0.25, 0.3) is 5.91 Å². The van der Waals surface area contributed by atoms with Crippen molar-refractivity contribution < 1.29 is 13.9 Å². The molecule has 1 atom stereocenters. The maximum absolute atomic E-state index is 12.5. The van der Waals surface area contributed by atoms with Crippen LogP contribution in [0.2, 0.25) is 0 Å². The first-order valence-electron chi connectivity index (χ1n) is 8.27. The van der Waals surface area contributed by atoms with Gasteiger partial charge in [0.1, 0.15) is 5.76 Å². The molecule has 1 N–H and O–H groups in total. The highest BCUT2D eigenvalue weighted by Gasteiger charge is 2.21. The molecule has 0 bridgehead atoms. The highest BCUT2D eigenvalue weighted by Crippen LogP contribution is 2.21. The number of benzene rings is 1. The van der Waals surface area contributed by atoms with E-state index in [0.29, 0.717) is 17.3 Å². The number of hydrogen-bond acceptors (Lipinski definition) is 5. The van der Waals surface area contributed by atoms with E-state index in [9.17, 15) is 4.79 Å². The van der Waals surface area contributed by atoms with Gasteiger partial charge in [0.2, 0.25) is 5.89 Å². The van der Waals surface area contributed by atoms with Crippen molar-refractivity contribution in [2.75, 3.05) is 32.8 Å². The summed E-state index contributed by atoms with van der Waals surface area (Å²) in [5.41, 5.74) is 1.21. The highest BCUT2D eigenvalue weighted by atomic mass is 16.5. The van der Waals surface area contributed by atoms with Crippen LogP contribution >= 0.6 is 0 Å². The van der Waals surface area contributed by atoms with Crippen LogP contribution in [-0.4, -0.2) is 54.7 Å². The Hall–Kier alpha value is -2.18. The number of hydrogen-bond donors (Lipinski definition) is 1. The lowest BCUT2D eigenvalue weighted by Gasteiger charge is -2.29. The van der Waals surface area contributed by atoms with Crippen molar-refractivity contribution in [1.82, 2.24) is 15.2 Å². The molecular formula is C18H23N3O3. The average molecular weight is 329 g/mol. The van der Waals surface area contributed by atoms with Gasteiger partial charge in [0.15, 0.2) is 5.69 Å². The van der Waals surface area contributed by atoms with Gasteiger partial charge in [0.05, 0.1) is 13.2 Å². The van der Waals surface area contributed by atoms with E-state index < -0.39 is 0 Å². The molecule has 0 saturated carbocycles. The summed E-state index contributed by atoms with van der Waals surface area (Å²) < 4.78 is 11.0. The number of amides is 1. The minimum atomic E-state index is -0.195. The van der Waals surface area contributed by atoms with Gasteiger partial charge < -0.3 is 14.5 Å². The zero-order valence-electron chi connectivity index (χ0n) is 14.1. The molecule has 0 unspecified atom stereocenters. The largest absolute Gasteiger partial charge is 0.441 e. The molecule has 1 fully saturated rings. The van der Waals surface area contributed by atoms with Gasteiger partial charge in [0, 0.05) is 31.2 Å². The number of carbonyl (C=O) groups is 1. The van der Waals surface area contributed by atoms with Crippen LogP contribution in [0.3, 0.4) is 0 Å². The molecule has 0 spiro atoms. The van der Waals surface area contributed by atoms with Gasteiger partial charge >= 0.3 is 0 Å². The molecule has 1 amide bonds. The second-order valence-corrected chi connectivity index (χ2v) is 6.08. The van der Waals surface area contributed by atoms with E-state index in [1.54, 1.807) is 6.92 Å². The van der Waals surface area contributed by atoms with Gasteiger partial charge in [-0.2, -0.15) is 0 Å². The van der Waals surface area contributed by atoms with Crippen molar-refractivity contribution in [2.45, 2.75) is 19.9 Å². The molecule has 128 valence electrons. The Kier molecular flexibility index (Phi) is 5.27. The fourth-order valence-electron chi connectivity index (χ4n) is 2.82. The van der Waals surface area contributed by atoms with E-state index in [4.69, 9.17) is 9.15 Å². The predicted molar refractivity (Wildman–Crippen MR) is 90.9 cm³/mol. The van der Waals surface area contributed by atoms with Gasteiger partial charge in [-0.15, -0.1) is 0 Å². The summed E-state index contributed by atoms with van der Waals surface area (Å²) in [6.45, 7) is 7.88. The lowest BCUT2D eigenvalue weighted by atomic mass is 10.2. The average Bonchev–Trinajstić information content (AvgIpc) is 2.98. The van der Waals surface area contributed by atoms with E-state index in [1.807, 2.05) is 37.3 Å². The first-order chi connectivity index (χ1) is 11.6. The van der Waals surface area contributed by atoms with E-state index in [1.165, 1.54) is 0 Å². The number of oxazole rings is 1. The maximum atomic E-state index is 12.5. The summed E-state index contributed by atoms with van der Waals surface area (Å²) in [5.74, 6) is 0.809. The van der Waals surface area contributed by atoms with Crippen molar-refractivity contribution in [2.24, 2.45) is 0 Å². The molecular weight excluding hydrogens is 306 g/mol. The monoisotopic (exact) mass is 329 g/mol. The lowest BCUT2D eigenvalue weighted by molar-refractivity contribution is 0.0342. The molecule has 1 aromatic carbocycles.